The van der Waals surface area contributed by atoms with Crippen molar-refractivity contribution in [3.05, 3.63) is 12.2 Å². The molecule has 5 heteroatoms. The Labute approximate surface area is 140 Å². The molecule has 4 atom stereocenters. The van der Waals surface area contributed by atoms with Gasteiger partial charge in [-0.1, -0.05) is 44.8 Å². The van der Waals surface area contributed by atoms with E-state index in [2.05, 4.69) is 19.1 Å². The van der Waals surface area contributed by atoms with Gasteiger partial charge in [-0.2, -0.15) is 0 Å². The third-order valence-electron chi connectivity index (χ3n) is 4.25. The number of aliphatic hydroxyl groups excluding tert-OH is 3. The van der Waals surface area contributed by atoms with Crippen molar-refractivity contribution in [2.24, 2.45) is 0 Å². The molecule has 1 rings (SSSR count). The topological polar surface area (TPSA) is 79.2 Å². The van der Waals surface area contributed by atoms with Crippen molar-refractivity contribution in [2.75, 3.05) is 19.8 Å². The van der Waals surface area contributed by atoms with Crippen LogP contribution in [0.2, 0.25) is 0 Å². The lowest BCUT2D eigenvalue weighted by Gasteiger charge is -2.36. The first kappa shape index (κ1) is 20.6. The van der Waals surface area contributed by atoms with Crippen molar-refractivity contribution in [1.82, 2.24) is 0 Å². The SMILES string of the molecule is CCCCCCC/C=C/CCCO[C@H]1CO[C@H](CO)[C@@H](O)[C@@H]1O. The van der Waals surface area contributed by atoms with Crippen LogP contribution in [-0.4, -0.2) is 59.6 Å². The predicted octanol–water partition coefficient (Wildman–Crippen LogP) is 2.18. The zero-order valence-corrected chi connectivity index (χ0v) is 14.4. The molecule has 0 aromatic rings. The van der Waals surface area contributed by atoms with E-state index in [9.17, 15) is 10.2 Å². The minimum Gasteiger partial charge on any atom is -0.394 e. The summed E-state index contributed by atoms with van der Waals surface area (Å²) in [5, 5.41) is 28.7. The number of unbranched alkanes of at least 4 members (excludes halogenated alkanes) is 6. The first-order valence-corrected chi connectivity index (χ1v) is 9.05. The number of hydrogen-bond acceptors (Lipinski definition) is 5. The molecule has 1 heterocycles. The van der Waals surface area contributed by atoms with Crippen LogP contribution in [0, 0.1) is 0 Å². The van der Waals surface area contributed by atoms with E-state index in [-0.39, 0.29) is 13.2 Å². The second kappa shape index (κ2) is 12.9. The van der Waals surface area contributed by atoms with Crippen LogP contribution in [-0.2, 0) is 9.47 Å². The lowest BCUT2D eigenvalue weighted by Crippen LogP contribution is -2.55. The molecule has 0 amide bonds. The highest BCUT2D eigenvalue weighted by Gasteiger charge is 2.38. The molecule has 0 aliphatic carbocycles. The zero-order chi connectivity index (χ0) is 16.9. The van der Waals surface area contributed by atoms with Crippen molar-refractivity contribution in [3.63, 3.8) is 0 Å². The maximum atomic E-state index is 9.92. The molecule has 0 unspecified atom stereocenters. The minimum atomic E-state index is -1.09. The molecule has 0 saturated carbocycles. The monoisotopic (exact) mass is 330 g/mol. The van der Waals surface area contributed by atoms with Crippen LogP contribution in [0.1, 0.15) is 58.3 Å². The second-order valence-electron chi connectivity index (χ2n) is 6.26. The summed E-state index contributed by atoms with van der Waals surface area (Å²) < 4.78 is 10.9. The first-order valence-electron chi connectivity index (χ1n) is 9.05. The number of hydrogen-bond donors (Lipinski definition) is 3. The van der Waals surface area contributed by atoms with Crippen LogP contribution in [0.25, 0.3) is 0 Å². The van der Waals surface area contributed by atoms with Crippen LogP contribution < -0.4 is 0 Å². The summed E-state index contributed by atoms with van der Waals surface area (Å²) in [5.74, 6) is 0. The summed E-state index contributed by atoms with van der Waals surface area (Å²) in [6.07, 6.45) is 10.6. The molecule has 136 valence electrons. The van der Waals surface area contributed by atoms with Crippen molar-refractivity contribution < 1.29 is 24.8 Å². The zero-order valence-electron chi connectivity index (χ0n) is 14.4. The van der Waals surface area contributed by atoms with E-state index < -0.39 is 24.4 Å². The second-order valence-corrected chi connectivity index (χ2v) is 6.26. The van der Waals surface area contributed by atoms with Crippen molar-refractivity contribution in [3.8, 4) is 0 Å². The Morgan fingerprint density at radius 2 is 1.70 bits per heavy atom. The number of allylic oxidation sites excluding steroid dienone is 2. The Morgan fingerprint density at radius 1 is 1.00 bits per heavy atom. The van der Waals surface area contributed by atoms with Gasteiger partial charge < -0.3 is 24.8 Å². The molecule has 1 fully saturated rings. The fourth-order valence-corrected chi connectivity index (χ4v) is 2.70. The van der Waals surface area contributed by atoms with Crippen LogP contribution in [0.15, 0.2) is 12.2 Å². The van der Waals surface area contributed by atoms with Crippen molar-refractivity contribution in [1.29, 1.82) is 0 Å². The van der Waals surface area contributed by atoms with Crippen LogP contribution in [0.4, 0.5) is 0 Å². The Bertz CT molecular complexity index is 308. The summed E-state index contributed by atoms with van der Waals surface area (Å²) >= 11 is 0. The fraction of sp³-hybridized carbons (Fsp3) is 0.889. The molecule has 1 saturated heterocycles. The summed E-state index contributed by atoms with van der Waals surface area (Å²) in [6.45, 7) is 2.67. The van der Waals surface area contributed by atoms with E-state index in [0.29, 0.717) is 6.61 Å². The van der Waals surface area contributed by atoms with Gasteiger partial charge in [-0.3, -0.25) is 0 Å². The van der Waals surface area contributed by atoms with Gasteiger partial charge in [0, 0.05) is 6.61 Å². The Hall–Kier alpha value is -0.460. The minimum absolute atomic E-state index is 0.205. The normalized spacial score (nSPS) is 28.5. The van der Waals surface area contributed by atoms with Gasteiger partial charge in [0.2, 0.25) is 0 Å². The predicted molar refractivity (Wildman–Crippen MR) is 90.3 cm³/mol. The molecule has 1 aliphatic rings. The summed E-state index contributed by atoms with van der Waals surface area (Å²) in [4.78, 5) is 0. The highest BCUT2D eigenvalue weighted by molar-refractivity contribution is 4.87. The molecule has 0 aromatic carbocycles. The first-order chi connectivity index (χ1) is 11.2. The molecular formula is C18H34O5. The summed E-state index contributed by atoms with van der Waals surface area (Å²) in [5.41, 5.74) is 0. The van der Waals surface area contributed by atoms with Gasteiger partial charge in [0.05, 0.1) is 13.2 Å². The Balaban J connectivity index is 2.00. The average molecular weight is 330 g/mol. The molecule has 5 nitrogen and oxygen atoms in total. The smallest absolute Gasteiger partial charge is 0.111 e. The van der Waals surface area contributed by atoms with E-state index >= 15 is 0 Å². The van der Waals surface area contributed by atoms with Crippen molar-refractivity contribution in [2.45, 2.75) is 82.7 Å². The van der Waals surface area contributed by atoms with Gasteiger partial charge in [0.1, 0.15) is 24.4 Å². The van der Waals surface area contributed by atoms with E-state index in [1.807, 2.05) is 0 Å². The Kier molecular flexibility index (Phi) is 11.5. The lowest BCUT2D eigenvalue weighted by atomic mass is 10.0. The van der Waals surface area contributed by atoms with Gasteiger partial charge in [-0.25, -0.2) is 0 Å². The fourth-order valence-electron chi connectivity index (χ4n) is 2.70. The van der Waals surface area contributed by atoms with Gasteiger partial charge in [0.15, 0.2) is 0 Å². The maximum absolute atomic E-state index is 9.92. The molecular weight excluding hydrogens is 296 g/mol. The quantitative estimate of drug-likeness (QED) is 0.377. The average Bonchev–Trinajstić information content (AvgIpc) is 2.56. The number of ether oxygens (including phenoxy) is 2. The van der Waals surface area contributed by atoms with Crippen LogP contribution in [0.5, 0.6) is 0 Å². The van der Waals surface area contributed by atoms with E-state index in [1.165, 1.54) is 32.1 Å². The van der Waals surface area contributed by atoms with Crippen LogP contribution in [0.3, 0.4) is 0 Å². The third kappa shape index (κ3) is 8.27. The molecule has 1 aliphatic heterocycles. The highest BCUT2D eigenvalue weighted by Crippen LogP contribution is 2.18. The molecule has 23 heavy (non-hydrogen) atoms. The number of aliphatic hydroxyl groups is 3. The molecule has 0 radical (unpaired) electrons. The van der Waals surface area contributed by atoms with Gasteiger partial charge in [0.25, 0.3) is 0 Å². The van der Waals surface area contributed by atoms with Gasteiger partial charge in [-0.15, -0.1) is 0 Å². The Morgan fingerprint density at radius 3 is 2.39 bits per heavy atom. The maximum Gasteiger partial charge on any atom is 0.111 e. The van der Waals surface area contributed by atoms with E-state index in [4.69, 9.17) is 14.6 Å². The summed E-state index contributed by atoms with van der Waals surface area (Å²) in [7, 11) is 0. The van der Waals surface area contributed by atoms with Crippen LogP contribution >= 0.6 is 0 Å². The summed E-state index contributed by atoms with van der Waals surface area (Å²) in [6, 6.07) is 0. The standard InChI is InChI=1S/C18H34O5/c1-2-3-4-5-6-7-8-9-10-11-12-22-16-14-23-15(13-19)17(20)18(16)21/h8-9,15-21H,2-7,10-14H2,1H3/b9-8+/t15-,16+,17-,18-/m1/s1. The van der Waals surface area contributed by atoms with Gasteiger partial charge >= 0.3 is 0 Å². The van der Waals surface area contributed by atoms with E-state index in [0.717, 1.165) is 19.3 Å². The number of rotatable bonds is 12. The third-order valence-corrected chi connectivity index (χ3v) is 4.25. The molecule has 0 bridgehead atoms. The lowest BCUT2D eigenvalue weighted by molar-refractivity contribution is -0.208. The largest absolute Gasteiger partial charge is 0.394 e. The molecule has 0 aromatic heterocycles. The molecule has 0 spiro atoms. The van der Waals surface area contributed by atoms with E-state index in [1.54, 1.807) is 0 Å². The van der Waals surface area contributed by atoms with Gasteiger partial charge in [-0.05, 0) is 25.7 Å². The highest BCUT2D eigenvalue weighted by atomic mass is 16.6. The van der Waals surface area contributed by atoms with Crippen molar-refractivity contribution >= 4 is 0 Å². The molecule has 3 N–H and O–H groups in total.